The van der Waals surface area contributed by atoms with E-state index < -0.39 is 23.9 Å². The maximum Gasteiger partial charge on any atom is 0.309 e. The Morgan fingerprint density at radius 1 is 0.903 bits per heavy atom. The molecule has 1 saturated heterocycles. The first-order valence-electron chi connectivity index (χ1n) is 9.58. The maximum absolute atomic E-state index is 12.5. The average Bonchev–Trinajstić information content (AvgIpc) is 3.14. The number of cyclic esters (lactones) is 1. The molecule has 0 bridgehead atoms. The third kappa shape index (κ3) is 4.27. The molecular weight excluding hydrogens is 408 g/mol. The summed E-state index contributed by atoms with van der Waals surface area (Å²) in [5, 5.41) is 31.3. The van der Waals surface area contributed by atoms with Crippen LogP contribution in [0.1, 0.15) is 17.2 Å². The topological polar surface area (TPSA) is 124 Å². The number of ether oxygens (including phenoxy) is 5. The van der Waals surface area contributed by atoms with Gasteiger partial charge in [0.25, 0.3) is 0 Å². The van der Waals surface area contributed by atoms with E-state index >= 15 is 0 Å². The van der Waals surface area contributed by atoms with E-state index in [4.69, 9.17) is 23.7 Å². The second-order valence-corrected chi connectivity index (χ2v) is 7.17. The summed E-state index contributed by atoms with van der Waals surface area (Å²) in [5.74, 6) is -1.25. The molecule has 1 aliphatic heterocycles. The SMILES string of the molecule is COc1cc(C[C@H]2C(=O)OC[C@@H]2[C@@H](O)c2cc(OC)c(O)c(OC)c2)cc(OC)c1O. The molecule has 3 N–H and O–H groups in total. The van der Waals surface area contributed by atoms with Crippen LogP contribution in [0, 0.1) is 11.8 Å². The van der Waals surface area contributed by atoms with E-state index in [1.165, 1.54) is 40.6 Å². The number of methoxy groups -OCH3 is 4. The van der Waals surface area contributed by atoms with E-state index in [9.17, 15) is 20.1 Å². The van der Waals surface area contributed by atoms with Gasteiger partial charge < -0.3 is 39.0 Å². The molecule has 0 aliphatic carbocycles. The Morgan fingerprint density at radius 3 is 1.81 bits per heavy atom. The Labute approximate surface area is 179 Å². The van der Waals surface area contributed by atoms with Gasteiger partial charge in [0.2, 0.25) is 11.5 Å². The van der Waals surface area contributed by atoms with Crippen LogP contribution < -0.4 is 18.9 Å². The van der Waals surface area contributed by atoms with Crippen LogP contribution in [0.4, 0.5) is 0 Å². The van der Waals surface area contributed by atoms with Crippen molar-refractivity contribution in [2.45, 2.75) is 12.5 Å². The standard InChI is InChI=1S/C22H26O9/c1-27-15-6-11(7-16(28-2)20(15)24)5-13-14(10-31-22(13)26)19(23)12-8-17(29-3)21(25)18(9-12)30-4/h6-9,13-14,19,23-25H,5,10H2,1-4H3/t13-,14+,19+/m1/s1. The minimum atomic E-state index is -1.08. The quantitative estimate of drug-likeness (QED) is 0.536. The zero-order valence-corrected chi connectivity index (χ0v) is 17.7. The number of carbonyl (C=O) groups is 1. The van der Waals surface area contributed by atoms with Crippen LogP contribution in [0.15, 0.2) is 24.3 Å². The molecule has 0 saturated carbocycles. The fraction of sp³-hybridized carbons (Fsp3) is 0.409. The highest BCUT2D eigenvalue weighted by atomic mass is 16.5. The highest BCUT2D eigenvalue weighted by Crippen LogP contribution is 2.44. The van der Waals surface area contributed by atoms with Crippen LogP contribution in [0.5, 0.6) is 34.5 Å². The van der Waals surface area contributed by atoms with Crippen molar-refractivity contribution >= 4 is 5.97 Å². The van der Waals surface area contributed by atoms with Gasteiger partial charge in [0.15, 0.2) is 23.0 Å². The normalized spacial score (nSPS) is 18.9. The van der Waals surface area contributed by atoms with Crippen molar-refractivity contribution < 1.29 is 43.8 Å². The van der Waals surface area contributed by atoms with Gasteiger partial charge in [0.1, 0.15) is 0 Å². The average molecular weight is 434 g/mol. The summed E-state index contributed by atoms with van der Waals surface area (Å²) >= 11 is 0. The van der Waals surface area contributed by atoms with Gasteiger partial charge >= 0.3 is 5.97 Å². The summed E-state index contributed by atoms with van der Waals surface area (Å²) in [5.41, 5.74) is 1.09. The largest absolute Gasteiger partial charge is 0.502 e. The Kier molecular flexibility index (Phi) is 6.65. The number of aliphatic hydroxyl groups is 1. The highest BCUT2D eigenvalue weighted by molar-refractivity contribution is 5.75. The summed E-state index contributed by atoms with van der Waals surface area (Å²) in [6.45, 7) is 0.0303. The number of benzene rings is 2. The van der Waals surface area contributed by atoms with Gasteiger partial charge in [-0.1, -0.05) is 0 Å². The molecule has 2 aromatic carbocycles. The molecule has 0 unspecified atom stereocenters. The molecule has 1 heterocycles. The Balaban J connectivity index is 1.92. The number of hydrogen-bond acceptors (Lipinski definition) is 9. The van der Waals surface area contributed by atoms with Crippen molar-refractivity contribution in [1.82, 2.24) is 0 Å². The van der Waals surface area contributed by atoms with Crippen molar-refractivity contribution in [2.75, 3.05) is 35.0 Å². The summed E-state index contributed by atoms with van der Waals surface area (Å²) in [6.07, 6.45) is -0.847. The van der Waals surface area contributed by atoms with Gasteiger partial charge in [-0.15, -0.1) is 0 Å². The first-order valence-corrected chi connectivity index (χ1v) is 9.58. The monoisotopic (exact) mass is 434 g/mol. The number of hydrogen-bond donors (Lipinski definition) is 3. The zero-order chi connectivity index (χ0) is 22.7. The number of aromatic hydroxyl groups is 2. The van der Waals surface area contributed by atoms with Crippen LogP contribution in [0.3, 0.4) is 0 Å². The van der Waals surface area contributed by atoms with Crippen molar-refractivity contribution in [2.24, 2.45) is 11.8 Å². The third-order valence-electron chi connectivity index (χ3n) is 5.48. The Bertz CT molecular complexity index is 906. The smallest absolute Gasteiger partial charge is 0.309 e. The lowest BCUT2D eigenvalue weighted by atomic mass is 9.83. The summed E-state index contributed by atoms with van der Waals surface area (Å²) in [4.78, 5) is 12.5. The number of rotatable bonds is 8. The molecule has 0 aromatic heterocycles. The van der Waals surface area contributed by atoms with Crippen molar-refractivity contribution in [3.63, 3.8) is 0 Å². The van der Waals surface area contributed by atoms with Gasteiger partial charge in [0.05, 0.1) is 47.1 Å². The predicted molar refractivity (Wildman–Crippen MR) is 109 cm³/mol. The van der Waals surface area contributed by atoms with Crippen LogP contribution in [0.2, 0.25) is 0 Å². The maximum atomic E-state index is 12.5. The molecule has 0 spiro atoms. The number of phenolic OH excluding ortho intramolecular Hbond substituents is 2. The summed E-state index contributed by atoms with van der Waals surface area (Å²) in [6, 6.07) is 6.21. The summed E-state index contributed by atoms with van der Waals surface area (Å²) in [7, 11) is 5.61. The second kappa shape index (κ2) is 9.22. The van der Waals surface area contributed by atoms with Crippen molar-refractivity contribution in [3.05, 3.63) is 35.4 Å². The molecule has 0 radical (unpaired) electrons. The fourth-order valence-corrected chi connectivity index (χ4v) is 3.77. The van der Waals surface area contributed by atoms with Crippen molar-refractivity contribution in [1.29, 1.82) is 0 Å². The number of esters is 1. The highest BCUT2D eigenvalue weighted by Gasteiger charge is 2.42. The van der Waals surface area contributed by atoms with Gasteiger partial charge in [-0.3, -0.25) is 4.79 Å². The van der Waals surface area contributed by atoms with Gasteiger partial charge in [-0.2, -0.15) is 0 Å². The Hall–Kier alpha value is -3.33. The van der Waals surface area contributed by atoms with E-state index in [0.717, 1.165) is 0 Å². The second-order valence-electron chi connectivity index (χ2n) is 7.17. The first kappa shape index (κ1) is 22.4. The van der Waals surface area contributed by atoms with E-state index in [-0.39, 0.29) is 47.5 Å². The van der Waals surface area contributed by atoms with Crippen LogP contribution in [-0.4, -0.2) is 56.3 Å². The molecule has 9 nitrogen and oxygen atoms in total. The predicted octanol–water partition coefficient (Wildman–Crippen LogP) is 2.20. The fourth-order valence-electron chi connectivity index (χ4n) is 3.77. The van der Waals surface area contributed by atoms with Crippen LogP contribution in [0.25, 0.3) is 0 Å². The van der Waals surface area contributed by atoms with E-state index in [0.29, 0.717) is 11.1 Å². The molecule has 2 aromatic rings. The molecule has 3 atom stereocenters. The molecule has 31 heavy (non-hydrogen) atoms. The van der Waals surface area contributed by atoms with E-state index in [2.05, 4.69) is 0 Å². The summed E-state index contributed by atoms with van der Waals surface area (Å²) < 4.78 is 25.9. The number of phenols is 2. The van der Waals surface area contributed by atoms with Gasteiger partial charge in [-0.05, 0) is 41.8 Å². The molecule has 168 valence electrons. The van der Waals surface area contributed by atoms with Crippen LogP contribution >= 0.6 is 0 Å². The van der Waals surface area contributed by atoms with Crippen molar-refractivity contribution in [3.8, 4) is 34.5 Å². The van der Waals surface area contributed by atoms with Crippen LogP contribution in [-0.2, 0) is 16.0 Å². The first-order chi connectivity index (χ1) is 14.8. The molecule has 3 rings (SSSR count). The number of aliphatic hydroxyl groups excluding tert-OH is 1. The Morgan fingerprint density at radius 2 is 1.35 bits per heavy atom. The van der Waals surface area contributed by atoms with E-state index in [1.807, 2.05) is 0 Å². The van der Waals surface area contributed by atoms with E-state index in [1.54, 1.807) is 12.1 Å². The number of carbonyl (C=O) groups excluding carboxylic acids is 1. The molecule has 9 heteroatoms. The molecule has 1 fully saturated rings. The lowest BCUT2D eigenvalue weighted by Gasteiger charge is -2.23. The lowest BCUT2D eigenvalue weighted by Crippen LogP contribution is -2.24. The third-order valence-corrected chi connectivity index (χ3v) is 5.48. The molecular formula is C22H26O9. The minimum Gasteiger partial charge on any atom is -0.502 e. The van der Waals surface area contributed by atoms with Gasteiger partial charge in [-0.25, -0.2) is 0 Å². The molecule has 0 amide bonds. The lowest BCUT2D eigenvalue weighted by molar-refractivity contribution is -0.141. The molecule has 1 aliphatic rings. The zero-order valence-electron chi connectivity index (χ0n) is 17.7. The minimum absolute atomic E-state index is 0.0303. The van der Waals surface area contributed by atoms with Gasteiger partial charge in [0, 0.05) is 5.92 Å².